The van der Waals surface area contributed by atoms with Crippen molar-refractivity contribution in [1.82, 2.24) is 0 Å². The number of nitrogens with one attached hydrogen (secondary N) is 1. The lowest BCUT2D eigenvalue weighted by molar-refractivity contribution is 0.168. The van der Waals surface area contributed by atoms with Crippen LogP contribution >= 0.6 is 11.3 Å². The van der Waals surface area contributed by atoms with Gasteiger partial charge >= 0.3 is 6.09 Å². The highest BCUT2D eigenvalue weighted by Crippen LogP contribution is 2.20. The minimum Gasteiger partial charge on any atom is -0.450 e. The van der Waals surface area contributed by atoms with Crippen LogP contribution in [-0.4, -0.2) is 37.2 Å². The third kappa shape index (κ3) is 4.00. The normalized spacial score (nSPS) is 10.6. The van der Waals surface area contributed by atoms with Crippen LogP contribution in [0.3, 0.4) is 0 Å². The summed E-state index contributed by atoms with van der Waals surface area (Å²) in [5.41, 5.74) is 0.671. The van der Waals surface area contributed by atoms with Crippen LogP contribution in [0.2, 0.25) is 0 Å². The van der Waals surface area contributed by atoms with Crippen molar-refractivity contribution in [1.29, 1.82) is 0 Å². The van der Waals surface area contributed by atoms with Gasteiger partial charge in [0, 0.05) is 6.21 Å². The van der Waals surface area contributed by atoms with E-state index in [-0.39, 0.29) is 6.61 Å². The number of hydrogen-bond acceptors (Lipinski definition) is 5. The van der Waals surface area contributed by atoms with Crippen LogP contribution in [0.15, 0.2) is 16.4 Å². The van der Waals surface area contributed by atoms with Crippen molar-refractivity contribution < 1.29 is 14.6 Å². The fraction of sp³-hybridized carbons (Fsp3) is 0.400. The van der Waals surface area contributed by atoms with Crippen LogP contribution in [0, 0.1) is 0 Å². The van der Waals surface area contributed by atoms with Gasteiger partial charge in [0.05, 0.1) is 30.3 Å². The van der Waals surface area contributed by atoms with E-state index in [1.165, 1.54) is 11.3 Å². The van der Waals surface area contributed by atoms with Crippen molar-refractivity contribution in [2.24, 2.45) is 4.99 Å². The summed E-state index contributed by atoms with van der Waals surface area (Å²) in [6.45, 7) is 2.46. The SMILES string of the molecule is CCOC(=O)Nc1ccsc1C=NCCO. The van der Waals surface area contributed by atoms with E-state index in [9.17, 15) is 4.79 Å². The third-order valence-corrected chi connectivity index (χ3v) is 2.50. The fourth-order valence-corrected chi connectivity index (χ4v) is 1.74. The molecule has 0 saturated carbocycles. The Bertz CT molecular complexity index is 363. The lowest BCUT2D eigenvalue weighted by Gasteiger charge is -2.03. The van der Waals surface area contributed by atoms with E-state index in [1.807, 2.05) is 5.38 Å². The number of aliphatic hydroxyl groups is 1. The van der Waals surface area contributed by atoms with Crippen molar-refractivity contribution in [2.45, 2.75) is 6.92 Å². The number of rotatable bonds is 5. The van der Waals surface area contributed by atoms with E-state index >= 15 is 0 Å². The third-order valence-electron chi connectivity index (χ3n) is 1.64. The zero-order chi connectivity index (χ0) is 11.8. The highest BCUT2D eigenvalue weighted by atomic mass is 32.1. The van der Waals surface area contributed by atoms with Gasteiger partial charge in [0.25, 0.3) is 0 Å². The average molecular weight is 242 g/mol. The number of carbonyl (C=O) groups is 1. The molecule has 0 aliphatic heterocycles. The maximum absolute atomic E-state index is 11.2. The van der Waals surface area contributed by atoms with Gasteiger partial charge in [0.15, 0.2) is 0 Å². The molecule has 0 radical (unpaired) electrons. The van der Waals surface area contributed by atoms with Crippen LogP contribution in [0.4, 0.5) is 10.5 Å². The highest BCUT2D eigenvalue weighted by Gasteiger charge is 2.06. The van der Waals surface area contributed by atoms with E-state index < -0.39 is 6.09 Å². The molecule has 0 spiro atoms. The standard InChI is InChI=1S/C10H14N2O3S/c1-2-15-10(14)12-8-3-6-16-9(8)7-11-4-5-13/h3,6-7,13H,2,4-5H2,1H3,(H,12,14). The summed E-state index contributed by atoms with van der Waals surface area (Å²) in [4.78, 5) is 16.0. The monoisotopic (exact) mass is 242 g/mol. The molecule has 1 aromatic heterocycles. The van der Waals surface area contributed by atoms with Crippen LogP contribution in [0.25, 0.3) is 0 Å². The molecule has 1 rings (SSSR count). The van der Waals surface area contributed by atoms with E-state index in [0.717, 1.165) is 4.88 Å². The molecule has 6 heteroatoms. The van der Waals surface area contributed by atoms with Gasteiger partial charge < -0.3 is 9.84 Å². The molecule has 2 N–H and O–H groups in total. The lowest BCUT2D eigenvalue weighted by atomic mass is 10.4. The number of ether oxygens (including phenoxy) is 1. The summed E-state index contributed by atoms with van der Waals surface area (Å²) in [5, 5.41) is 13.0. The second kappa shape index (κ2) is 6.97. The molecule has 16 heavy (non-hydrogen) atoms. The summed E-state index contributed by atoms with van der Waals surface area (Å²) in [7, 11) is 0. The number of nitrogens with zero attached hydrogens (tertiary/aromatic N) is 1. The van der Waals surface area contributed by atoms with Crippen molar-refractivity contribution in [3.8, 4) is 0 Å². The average Bonchev–Trinajstić information content (AvgIpc) is 2.66. The minimum atomic E-state index is -0.474. The second-order valence-corrected chi connectivity index (χ2v) is 3.75. The van der Waals surface area contributed by atoms with Crippen LogP contribution in [-0.2, 0) is 4.74 Å². The molecular weight excluding hydrogens is 228 g/mol. The number of thiophene rings is 1. The predicted octanol–water partition coefficient (Wildman–Crippen LogP) is 1.73. The van der Waals surface area contributed by atoms with Crippen molar-refractivity contribution in [3.63, 3.8) is 0 Å². The number of hydrogen-bond donors (Lipinski definition) is 2. The first-order chi connectivity index (χ1) is 7.77. The maximum atomic E-state index is 11.2. The quantitative estimate of drug-likeness (QED) is 0.772. The zero-order valence-electron chi connectivity index (χ0n) is 8.97. The molecule has 0 aliphatic rings. The number of amides is 1. The van der Waals surface area contributed by atoms with Crippen molar-refractivity contribution in [3.05, 3.63) is 16.3 Å². The molecule has 5 nitrogen and oxygen atoms in total. The van der Waals surface area contributed by atoms with Crippen LogP contribution in [0.1, 0.15) is 11.8 Å². The zero-order valence-corrected chi connectivity index (χ0v) is 9.79. The van der Waals surface area contributed by atoms with E-state index in [2.05, 4.69) is 10.3 Å². The molecule has 0 fully saturated rings. The van der Waals surface area contributed by atoms with E-state index in [0.29, 0.717) is 18.8 Å². The summed E-state index contributed by atoms with van der Waals surface area (Å²) in [5.74, 6) is 0. The Kier molecular flexibility index (Phi) is 5.52. The summed E-state index contributed by atoms with van der Waals surface area (Å²) in [6.07, 6.45) is 1.15. The van der Waals surface area contributed by atoms with Crippen molar-refractivity contribution in [2.75, 3.05) is 25.1 Å². The van der Waals surface area contributed by atoms with Gasteiger partial charge in [0.1, 0.15) is 0 Å². The summed E-state index contributed by atoms with van der Waals surface area (Å²) < 4.78 is 4.77. The Labute approximate surface area is 97.8 Å². The molecule has 0 atom stereocenters. The maximum Gasteiger partial charge on any atom is 0.411 e. The first-order valence-electron chi connectivity index (χ1n) is 4.90. The first kappa shape index (κ1) is 12.7. The fourth-order valence-electron chi connectivity index (χ4n) is 1.01. The Hall–Kier alpha value is -1.40. The molecule has 88 valence electrons. The van der Waals surface area contributed by atoms with Gasteiger partial charge in [-0.2, -0.15) is 0 Å². The largest absolute Gasteiger partial charge is 0.450 e. The van der Waals surface area contributed by atoms with Gasteiger partial charge in [-0.3, -0.25) is 10.3 Å². The number of aliphatic hydroxyl groups excluding tert-OH is 1. The highest BCUT2D eigenvalue weighted by molar-refractivity contribution is 7.12. The summed E-state index contributed by atoms with van der Waals surface area (Å²) >= 11 is 1.46. The van der Waals surface area contributed by atoms with Gasteiger partial charge in [-0.25, -0.2) is 4.79 Å². The number of aliphatic imine (C=N–C) groups is 1. The predicted molar refractivity (Wildman–Crippen MR) is 64.5 cm³/mol. The Balaban J connectivity index is 2.59. The molecular formula is C10H14N2O3S. The number of carbonyl (C=O) groups excluding carboxylic acids is 1. The van der Waals surface area contributed by atoms with Crippen LogP contribution < -0.4 is 5.32 Å². The smallest absolute Gasteiger partial charge is 0.411 e. The molecule has 0 bridgehead atoms. The topological polar surface area (TPSA) is 70.9 Å². The minimum absolute atomic E-state index is 0.0164. The second-order valence-electron chi connectivity index (χ2n) is 2.80. The lowest BCUT2D eigenvalue weighted by Crippen LogP contribution is -2.13. The van der Waals surface area contributed by atoms with Gasteiger partial charge in [-0.05, 0) is 18.4 Å². The molecule has 0 aliphatic carbocycles. The molecule has 0 aromatic carbocycles. The molecule has 0 saturated heterocycles. The van der Waals surface area contributed by atoms with Gasteiger partial charge in [-0.1, -0.05) is 0 Å². The van der Waals surface area contributed by atoms with Crippen LogP contribution in [0.5, 0.6) is 0 Å². The van der Waals surface area contributed by atoms with E-state index in [4.69, 9.17) is 9.84 Å². The van der Waals surface area contributed by atoms with Crippen molar-refractivity contribution >= 4 is 29.3 Å². The van der Waals surface area contributed by atoms with E-state index in [1.54, 1.807) is 19.2 Å². The van der Waals surface area contributed by atoms with Gasteiger partial charge in [0.2, 0.25) is 0 Å². The molecule has 1 aromatic rings. The first-order valence-corrected chi connectivity index (χ1v) is 5.77. The molecule has 1 heterocycles. The Morgan fingerprint density at radius 2 is 2.56 bits per heavy atom. The molecule has 1 amide bonds. The molecule has 0 unspecified atom stereocenters. The van der Waals surface area contributed by atoms with Gasteiger partial charge in [-0.15, -0.1) is 11.3 Å². The Morgan fingerprint density at radius 1 is 1.75 bits per heavy atom. The number of anilines is 1. The summed E-state index contributed by atoms with van der Waals surface area (Å²) in [6, 6.07) is 1.78. The Morgan fingerprint density at radius 3 is 3.25 bits per heavy atom.